The highest BCUT2D eigenvalue weighted by Crippen LogP contribution is 2.17. The van der Waals surface area contributed by atoms with Crippen LogP contribution in [-0.2, 0) is 4.74 Å². The van der Waals surface area contributed by atoms with Gasteiger partial charge in [-0.1, -0.05) is 18.2 Å². The van der Waals surface area contributed by atoms with Gasteiger partial charge in [-0.3, -0.25) is 0 Å². The van der Waals surface area contributed by atoms with Crippen molar-refractivity contribution in [3.05, 3.63) is 30.3 Å². The van der Waals surface area contributed by atoms with Gasteiger partial charge in [0.25, 0.3) is 0 Å². The van der Waals surface area contributed by atoms with Gasteiger partial charge in [-0.05, 0) is 32.4 Å². The largest absolute Gasteiger partial charge is 0.491 e. The van der Waals surface area contributed by atoms with Crippen molar-refractivity contribution in [2.75, 3.05) is 19.8 Å². The second kappa shape index (κ2) is 6.93. The highest BCUT2D eigenvalue weighted by Gasteiger charge is 2.15. The van der Waals surface area contributed by atoms with E-state index >= 15 is 0 Å². The summed E-state index contributed by atoms with van der Waals surface area (Å²) >= 11 is 0. The molecule has 0 atom stereocenters. The van der Waals surface area contributed by atoms with Gasteiger partial charge in [0.1, 0.15) is 12.4 Å². The maximum absolute atomic E-state index is 8.82. The summed E-state index contributed by atoms with van der Waals surface area (Å²) in [6.07, 6.45) is 0.745. The van der Waals surface area contributed by atoms with Crippen LogP contribution in [0.5, 0.6) is 5.75 Å². The first-order chi connectivity index (χ1) is 8.14. The average Bonchev–Trinajstić information content (AvgIpc) is 2.35. The molecule has 0 N–H and O–H groups in total. The molecule has 0 radical (unpaired) electrons. The average molecular weight is 233 g/mol. The quantitative estimate of drug-likeness (QED) is 0.680. The zero-order valence-electron chi connectivity index (χ0n) is 10.5. The lowest BCUT2D eigenvalue weighted by Crippen LogP contribution is -2.14. The van der Waals surface area contributed by atoms with Gasteiger partial charge < -0.3 is 9.47 Å². The Morgan fingerprint density at radius 1 is 1.12 bits per heavy atom. The molecule has 0 amide bonds. The van der Waals surface area contributed by atoms with Gasteiger partial charge in [-0.15, -0.1) is 0 Å². The molecule has 1 rings (SSSR count). The van der Waals surface area contributed by atoms with E-state index in [1.165, 1.54) is 0 Å². The fraction of sp³-hybridized carbons (Fsp3) is 0.500. The topological polar surface area (TPSA) is 42.2 Å². The first-order valence-electron chi connectivity index (χ1n) is 5.81. The monoisotopic (exact) mass is 233 g/mol. The van der Waals surface area contributed by atoms with Crippen LogP contribution in [0.1, 0.15) is 20.3 Å². The maximum atomic E-state index is 8.82. The highest BCUT2D eigenvalue weighted by molar-refractivity contribution is 5.20. The van der Waals surface area contributed by atoms with Crippen molar-refractivity contribution in [3.8, 4) is 11.8 Å². The molecule has 0 spiro atoms. The molecule has 0 unspecified atom stereocenters. The Hall–Kier alpha value is -1.53. The Morgan fingerprint density at radius 2 is 1.82 bits per heavy atom. The normalized spacial score (nSPS) is 10.9. The number of benzene rings is 1. The van der Waals surface area contributed by atoms with Crippen molar-refractivity contribution < 1.29 is 9.47 Å². The first kappa shape index (κ1) is 13.5. The lowest BCUT2D eigenvalue weighted by molar-refractivity contribution is 0.0865. The smallest absolute Gasteiger partial charge is 0.119 e. The van der Waals surface area contributed by atoms with Crippen molar-refractivity contribution >= 4 is 0 Å². The van der Waals surface area contributed by atoms with Gasteiger partial charge in [0.2, 0.25) is 0 Å². The van der Waals surface area contributed by atoms with Gasteiger partial charge in [0.15, 0.2) is 0 Å². The van der Waals surface area contributed by atoms with Gasteiger partial charge in [-0.2, -0.15) is 5.26 Å². The number of nitrogens with zero attached hydrogens (tertiary/aromatic N) is 1. The summed E-state index contributed by atoms with van der Waals surface area (Å²) in [5.41, 5.74) is -0.305. The Labute approximate surface area is 103 Å². The van der Waals surface area contributed by atoms with Crippen LogP contribution in [-0.4, -0.2) is 19.8 Å². The molecule has 92 valence electrons. The van der Waals surface area contributed by atoms with Crippen molar-refractivity contribution in [1.29, 1.82) is 5.26 Å². The van der Waals surface area contributed by atoms with E-state index in [0.717, 1.165) is 12.2 Å². The lowest BCUT2D eigenvalue weighted by atomic mass is 9.92. The second-order valence-electron chi connectivity index (χ2n) is 4.52. The van der Waals surface area contributed by atoms with Crippen LogP contribution in [0.3, 0.4) is 0 Å². The molecule has 3 nitrogen and oxygen atoms in total. The Morgan fingerprint density at radius 3 is 2.47 bits per heavy atom. The predicted molar refractivity (Wildman–Crippen MR) is 66.8 cm³/mol. The highest BCUT2D eigenvalue weighted by atomic mass is 16.5. The summed E-state index contributed by atoms with van der Waals surface area (Å²) < 4.78 is 10.9. The van der Waals surface area contributed by atoms with Crippen LogP contribution in [0.2, 0.25) is 0 Å². The molecule has 1 aromatic rings. The van der Waals surface area contributed by atoms with Crippen molar-refractivity contribution in [3.63, 3.8) is 0 Å². The summed E-state index contributed by atoms with van der Waals surface area (Å²) in [7, 11) is 0. The van der Waals surface area contributed by atoms with E-state index in [1.807, 2.05) is 44.2 Å². The minimum absolute atomic E-state index is 0.305. The van der Waals surface area contributed by atoms with Gasteiger partial charge in [-0.25, -0.2) is 0 Å². The summed E-state index contributed by atoms with van der Waals surface area (Å²) in [6, 6.07) is 11.9. The van der Waals surface area contributed by atoms with E-state index < -0.39 is 0 Å². The van der Waals surface area contributed by atoms with Gasteiger partial charge in [0, 0.05) is 6.61 Å². The third kappa shape index (κ3) is 5.94. The molecule has 17 heavy (non-hydrogen) atoms. The van der Waals surface area contributed by atoms with E-state index in [1.54, 1.807) is 0 Å². The van der Waals surface area contributed by atoms with Crippen LogP contribution in [0.15, 0.2) is 30.3 Å². The minimum Gasteiger partial charge on any atom is -0.491 e. The lowest BCUT2D eigenvalue weighted by Gasteiger charge is -2.14. The van der Waals surface area contributed by atoms with Crippen LogP contribution in [0.25, 0.3) is 0 Å². The van der Waals surface area contributed by atoms with Crippen molar-refractivity contribution in [1.82, 2.24) is 0 Å². The molecule has 0 aliphatic carbocycles. The van der Waals surface area contributed by atoms with E-state index in [-0.39, 0.29) is 5.41 Å². The van der Waals surface area contributed by atoms with Crippen LogP contribution in [0, 0.1) is 16.7 Å². The molecule has 0 saturated heterocycles. The number of nitriles is 1. The Balaban J connectivity index is 2.04. The summed E-state index contributed by atoms with van der Waals surface area (Å²) in [4.78, 5) is 0. The minimum atomic E-state index is -0.305. The molecular formula is C14H19NO2. The number of rotatable bonds is 7. The van der Waals surface area contributed by atoms with Gasteiger partial charge >= 0.3 is 0 Å². The van der Waals surface area contributed by atoms with Gasteiger partial charge in [0.05, 0.1) is 18.1 Å². The summed E-state index contributed by atoms with van der Waals surface area (Å²) in [6.45, 7) is 5.51. The molecule has 0 bridgehead atoms. The first-order valence-corrected chi connectivity index (χ1v) is 5.81. The predicted octanol–water partition coefficient (Wildman–Crippen LogP) is 3.02. The molecule has 0 aliphatic heterocycles. The van der Waals surface area contributed by atoms with E-state index in [2.05, 4.69) is 6.07 Å². The summed E-state index contributed by atoms with van der Waals surface area (Å²) in [5.74, 6) is 0.855. The zero-order chi connectivity index (χ0) is 12.6. The van der Waals surface area contributed by atoms with Crippen LogP contribution < -0.4 is 4.74 Å². The van der Waals surface area contributed by atoms with Crippen molar-refractivity contribution in [2.45, 2.75) is 20.3 Å². The standard InChI is InChI=1S/C14H19NO2/c1-14(2,12-15)8-9-16-10-11-17-13-6-4-3-5-7-13/h3-7H,8-11H2,1-2H3. The molecular weight excluding hydrogens is 214 g/mol. The number of hydrogen-bond donors (Lipinski definition) is 0. The van der Waals surface area contributed by atoms with E-state index in [4.69, 9.17) is 14.7 Å². The molecule has 0 aliphatic rings. The number of hydrogen-bond acceptors (Lipinski definition) is 3. The number of ether oxygens (including phenoxy) is 2. The molecule has 0 aromatic heterocycles. The Kier molecular flexibility index (Phi) is 5.51. The van der Waals surface area contributed by atoms with Crippen LogP contribution >= 0.6 is 0 Å². The summed E-state index contributed by atoms with van der Waals surface area (Å²) in [5, 5.41) is 8.82. The molecule has 1 aromatic carbocycles. The third-order valence-electron chi connectivity index (χ3n) is 2.41. The third-order valence-corrected chi connectivity index (χ3v) is 2.41. The molecule has 3 heteroatoms. The SMILES string of the molecule is CC(C)(C#N)CCOCCOc1ccccc1. The zero-order valence-corrected chi connectivity index (χ0v) is 10.5. The second-order valence-corrected chi connectivity index (χ2v) is 4.52. The van der Waals surface area contributed by atoms with Crippen LogP contribution in [0.4, 0.5) is 0 Å². The fourth-order valence-corrected chi connectivity index (χ4v) is 1.22. The Bertz CT molecular complexity index is 354. The number of para-hydroxylation sites is 1. The molecule has 0 heterocycles. The fourth-order valence-electron chi connectivity index (χ4n) is 1.22. The van der Waals surface area contributed by atoms with E-state index in [9.17, 15) is 0 Å². The molecule has 0 saturated carbocycles. The van der Waals surface area contributed by atoms with E-state index in [0.29, 0.717) is 19.8 Å². The molecule has 0 fully saturated rings. The maximum Gasteiger partial charge on any atom is 0.119 e. The van der Waals surface area contributed by atoms with Crippen molar-refractivity contribution in [2.24, 2.45) is 5.41 Å².